The van der Waals surface area contributed by atoms with E-state index >= 15 is 0 Å². The van der Waals surface area contributed by atoms with Crippen LogP contribution in [0.1, 0.15) is 12.5 Å². The number of carbonyl (C=O) groups is 1. The summed E-state index contributed by atoms with van der Waals surface area (Å²) in [6.07, 6.45) is 0. The van der Waals surface area contributed by atoms with Crippen molar-refractivity contribution in [2.45, 2.75) is 12.5 Å². The number of aromatic hydroxyl groups is 1. The van der Waals surface area contributed by atoms with Crippen LogP contribution in [0, 0.1) is 0 Å². The number of carbonyl (C=O) groups excluding carboxylic acids is 1. The fourth-order valence-corrected chi connectivity index (χ4v) is 3.40. The van der Waals surface area contributed by atoms with E-state index in [9.17, 15) is 9.90 Å². The minimum absolute atomic E-state index is 0.0539. The fourth-order valence-electron chi connectivity index (χ4n) is 2.20. The first-order valence-corrected chi connectivity index (χ1v) is 8.82. The Balaban J connectivity index is 1.96. The summed E-state index contributed by atoms with van der Waals surface area (Å²) < 4.78 is 20.5. The molecule has 0 amide bonds. The standard InChI is InChI=1S/C17H23NO6S/c1-17(16(20)22-3)11-25-15(18-17)13-5-4-12(10-14(13)19)24-9-8-23-7-6-21-2/h4-5,10,19H,6-9,11H2,1-3H3. The highest BCUT2D eigenvalue weighted by molar-refractivity contribution is 8.14. The number of phenolic OH excluding ortho intramolecular Hbond substituents is 1. The van der Waals surface area contributed by atoms with Crippen molar-refractivity contribution in [1.29, 1.82) is 0 Å². The molecule has 1 aromatic carbocycles. The highest BCUT2D eigenvalue weighted by Crippen LogP contribution is 2.35. The first-order valence-electron chi connectivity index (χ1n) is 7.84. The first kappa shape index (κ1) is 19.6. The molecule has 138 valence electrons. The van der Waals surface area contributed by atoms with E-state index in [1.807, 2.05) is 0 Å². The fraction of sp³-hybridized carbons (Fsp3) is 0.529. The summed E-state index contributed by atoms with van der Waals surface area (Å²) in [6.45, 7) is 3.58. The molecule has 0 fully saturated rings. The third kappa shape index (κ3) is 5.10. The minimum atomic E-state index is -0.921. The van der Waals surface area contributed by atoms with Gasteiger partial charge in [-0.25, -0.2) is 4.79 Å². The average Bonchev–Trinajstić information content (AvgIpc) is 3.00. The second kappa shape index (κ2) is 9.07. The third-order valence-electron chi connectivity index (χ3n) is 3.59. The zero-order valence-corrected chi connectivity index (χ0v) is 15.4. The van der Waals surface area contributed by atoms with E-state index < -0.39 is 5.54 Å². The molecule has 2 rings (SSSR count). The molecule has 0 aliphatic carbocycles. The van der Waals surface area contributed by atoms with Crippen LogP contribution in [0.2, 0.25) is 0 Å². The van der Waals surface area contributed by atoms with Crippen LogP contribution in [-0.2, 0) is 19.0 Å². The number of nitrogens with zero attached hydrogens (tertiary/aromatic N) is 1. The van der Waals surface area contributed by atoms with Gasteiger partial charge in [-0.2, -0.15) is 0 Å². The van der Waals surface area contributed by atoms with Crippen LogP contribution in [0.4, 0.5) is 0 Å². The molecule has 1 aliphatic rings. The van der Waals surface area contributed by atoms with Gasteiger partial charge in [-0.15, -0.1) is 11.8 Å². The van der Waals surface area contributed by atoms with E-state index in [0.29, 0.717) is 48.5 Å². The van der Waals surface area contributed by atoms with Crippen molar-refractivity contribution < 1.29 is 28.8 Å². The quantitative estimate of drug-likeness (QED) is 0.525. The average molecular weight is 369 g/mol. The number of rotatable bonds is 9. The van der Waals surface area contributed by atoms with Gasteiger partial charge in [0, 0.05) is 24.5 Å². The number of hydrogen-bond donors (Lipinski definition) is 1. The smallest absolute Gasteiger partial charge is 0.334 e. The van der Waals surface area contributed by atoms with E-state index in [2.05, 4.69) is 4.99 Å². The van der Waals surface area contributed by atoms with E-state index in [0.717, 1.165) is 0 Å². The summed E-state index contributed by atoms with van der Waals surface area (Å²) in [6, 6.07) is 5.01. The summed E-state index contributed by atoms with van der Waals surface area (Å²) in [4.78, 5) is 16.2. The summed E-state index contributed by atoms with van der Waals surface area (Å²) in [5.41, 5.74) is -0.350. The Hall–Kier alpha value is -1.77. The minimum Gasteiger partial charge on any atom is -0.507 e. The summed E-state index contributed by atoms with van der Waals surface area (Å²) >= 11 is 1.41. The Kier molecular flexibility index (Phi) is 7.10. The maximum absolute atomic E-state index is 11.8. The van der Waals surface area contributed by atoms with Crippen LogP contribution in [0.3, 0.4) is 0 Å². The van der Waals surface area contributed by atoms with Gasteiger partial charge >= 0.3 is 5.97 Å². The predicted molar refractivity (Wildman–Crippen MR) is 95.7 cm³/mol. The van der Waals surface area contributed by atoms with Gasteiger partial charge in [0.15, 0.2) is 5.54 Å². The Bertz CT molecular complexity index is 636. The van der Waals surface area contributed by atoms with E-state index in [-0.39, 0.29) is 11.7 Å². The number of aliphatic imine (C=N–C) groups is 1. The van der Waals surface area contributed by atoms with Gasteiger partial charge < -0.3 is 24.1 Å². The molecule has 0 saturated carbocycles. The van der Waals surface area contributed by atoms with Gasteiger partial charge in [-0.1, -0.05) is 0 Å². The molecule has 0 saturated heterocycles. The zero-order chi connectivity index (χ0) is 18.3. The lowest BCUT2D eigenvalue weighted by Gasteiger charge is -2.15. The van der Waals surface area contributed by atoms with Crippen LogP contribution in [0.15, 0.2) is 23.2 Å². The molecular weight excluding hydrogens is 346 g/mol. The Morgan fingerprint density at radius 1 is 1.28 bits per heavy atom. The lowest BCUT2D eigenvalue weighted by atomic mass is 10.1. The van der Waals surface area contributed by atoms with Gasteiger partial charge in [0.05, 0.1) is 26.9 Å². The van der Waals surface area contributed by atoms with Crippen LogP contribution < -0.4 is 4.74 Å². The monoisotopic (exact) mass is 369 g/mol. The Morgan fingerprint density at radius 2 is 2.04 bits per heavy atom. The summed E-state index contributed by atoms with van der Waals surface area (Å²) in [5, 5.41) is 10.9. The van der Waals surface area contributed by atoms with Crippen molar-refractivity contribution in [1.82, 2.24) is 0 Å². The van der Waals surface area contributed by atoms with Crippen LogP contribution in [0.5, 0.6) is 11.5 Å². The molecule has 0 bridgehead atoms. The number of benzene rings is 1. The third-order valence-corrected chi connectivity index (χ3v) is 4.88. The number of methoxy groups -OCH3 is 2. The Morgan fingerprint density at radius 3 is 2.72 bits per heavy atom. The van der Waals surface area contributed by atoms with Crippen LogP contribution in [0.25, 0.3) is 0 Å². The Labute approximate surface area is 151 Å². The van der Waals surface area contributed by atoms with Crippen molar-refractivity contribution in [2.24, 2.45) is 4.99 Å². The molecule has 25 heavy (non-hydrogen) atoms. The number of thioether (sulfide) groups is 1. The van der Waals surface area contributed by atoms with Gasteiger partial charge in [0.1, 0.15) is 23.1 Å². The predicted octanol–water partition coefficient (Wildman–Crippen LogP) is 1.86. The molecule has 0 spiro atoms. The highest BCUT2D eigenvalue weighted by Gasteiger charge is 2.40. The van der Waals surface area contributed by atoms with Crippen molar-refractivity contribution in [2.75, 3.05) is 46.4 Å². The van der Waals surface area contributed by atoms with Gasteiger partial charge in [-0.05, 0) is 19.1 Å². The van der Waals surface area contributed by atoms with Crippen LogP contribution in [-0.4, -0.2) is 68.1 Å². The summed E-state index contributed by atoms with van der Waals surface area (Å²) in [5.74, 6) is 0.683. The zero-order valence-electron chi connectivity index (χ0n) is 14.6. The molecule has 0 radical (unpaired) electrons. The SMILES string of the molecule is COCCOCCOc1ccc(C2=NC(C)(C(=O)OC)CS2)c(O)c1. The molecule has 7 nitrogen and oxygen atoms in total. The molecule has 1 N–H and O–H groups in total. The lowest BCUT2D eigenvalue weighted by Crippen LogP contribution is -2.34. The van der Waals surface area contributed by atoms with Gasteiger partial charge in [-0.3, -0.25) is 4.99 Å². The van der Waals surface area contributed by atoms with Crippen molar-refractivity contribution in [3.05, 3.63) is 23.8 Å². The summed E-state index contributed by atoms with van der Waals surface area (Å²) in [7, 11) is 2.96. The largest absolute Gasteiger partial charge is 0.507 e. The van der Waals surface area contributed by atoms with Crippen molar-refractivity contribution in [3.63, 3.8) is 0 Å². The molecule has 8 heteroatoms. The molecule has 1 aliphatic heterocycles. The number of ether oxygens (including phenoxy) is 4. The van der Waals surface area contributed by atoms with Crippen molar-refractivity contribution in [3.8, 4) is 11.5 Å². The first-order chi connectivity index (χ1) is 12.0. The van der Waals surface area contributed by atoms with Crippen molar-refractivity contribution >= 4 is 22.8 Å². The molecule has 1 aromatic rings. The maximum Gasteiger partial charge on any atom is 0.334 e. The van der Waals surface area contributed by atoms with Crippen LogP contribution >= 0.6 is 11.8 Å². The topological polar surface area (TPSA) is 86.6 Å². The number of hydrogen-bond acceptors (Lipinski definition) is 8. The van der Waals surface area contributed by atoms with E-state index in [4.69, 9.17) is 18.9 Å². The lowest BCUT2D eigenvalue weighted by molar-refractivity contribution is -0.145. The molecule has 1 heterocycles. The second-order valence-electron chi connectivity index (χ2n) is 5.60. The van der Waals surface area contributed by atoms with E-state index in [1.54, 1.807) is 26.2 Å². The number of phenols is 1. The van der Waals surface area contributed by atoms with E-state index in [1.165, 1.54) is 24.9 Å². The molecule has 1 atom stereocenters. The number of esters is 1. The van der Waals surface area contributed by atoms with Gasteiger partial charge in [0.2, 0.25) is 0 Å². The molecule has 0 aromatic heterocycles. The highest BCUT2D eigenvalue weighted by atomic mass is 32.2. The molecule has 1 unspecified atom stereocenters. The molecular formula is C17H23NO6S. The second-order valence-corrected chi connectivity index (χ2v) is 6.57. The normalized spacial score (nSPS) is 19.6. The van der Waals surface area contributed by atoms with Gasteiger partial charge in [0.25, 0.3) is 0 Å². The maximum atomic E-state index is 11.8.